The highest BCUT2D eigenvalue weighted by molar-refractivity contribution is 5.51. The zero-order valence-corrected chi connectivity index (χ0v) is 16.8. The number of imidazole rings is 1. The van der Waals surface area contributed by atoms with Crippen molar-refractivity contribution in [1.82, 2.24) is 19.9 Å². The molecule has 0 aliphatic heterocycles. The van der Waals surface area contributed by atoms with Gasteiger partial charge in [0.15, 0.2) is 0 Å². The first-order chi connectivity index (χ1) is 13.7. The molecule has 4 N–H and O–H groups in total. The molecule has 29 heavy (non-hydrogen) atoms. The second kappa shape index (κ2) is 7.83. The molecule has 0 atom stereocenters. The molecule has 0 saturated carbocycles. The number of aromatic nitrogens is 4. The lowest BCUT2D eigenvalue weighted by atomic mass is 9.90. The third kappa shape index (κ3) is 4.66. The molecule has 2 aromatic heterocycles. The SMILES string of the molecule is COC1=CC(O)=CCC(/C=c2\[nH]c(=O)/c(=C/c3nc[nH]c3C(C)(C)C)[nH]c2=O)=C1. The highest BCUT2D eigenvalue weighted by Crippen LogP contribution is 2.22. The minimum Gasteiger partial charge on any atom is -0.508 e. The molecule has 0 saturated heterocycles. The summed E-state index contributed by atoms with van der Waals surface area (Å²) in [5.41, 5.74) is 1.08. The summed E-state index contributed by atoms with van der Waals surface area (Å²) in [6.45, 7) is 6.08. The Hall–Kier alpha value is -3.55. The van der Waals surface area contributed by atoms with Gasteiger partial charge in [-0.1, -0.05) is 20.8 Å². The summed E-state index contributed by atoms with van der Waals surface area (Å²) in [6, 6.07) is 0. The van der Waals surface area contributed by atoms with Crippen LogP contribution in [0.15, 0.2) is 51.2 Å². The molecule has 2 heterocycles. The average Bonchev–Trinajstić information content (AvgIpc) is 3.04. The Morgan fingerprint density at radius 3 is 2.38 bits per heavy atom. The lowest BCUT2D eigenvalue weighted by Gasteiger charge is -2.16. The monoisotopic (exact) mass is 396 g/mol. The van der Waals surface area contributed by atoms with Crippen LogP contribution in [0.2, 0.25) is 0 Å². The molecule has 1 aliphatic carbocycles. The normalized spacial score (nSPS) is 16.2. The summed E-state index contributed by atoms with van der Waals surface area (Å²) in [5, 5.41) is 9.96. The molecule has 8 heteroatoms. The van der Waals surface area contributed by atoms with Gasteiger partial charge in [-0.05, 0) is 36.3 Å². The van der Waals surface area contributed by atoms with Gasteiger partial charge in [-0.15, -0.1) is 0 Å². The molecular formula is C21H24N4O4. The van der Waals surface area contributed by atoms with Gasteiger partial charge in [-0.2, -0.15) is 0 Å². The second-order valence-electron chi connectivity index (χ2n) is 7.74. The van der Waals surface area contributed by atoms with E-state index in [2.05, 4.69) is 19.9 Å². The van der Waals surface area contributed by atoms with E-state index in [0.29, 0.717) is 23.4 Å². The van der Waals surface area contributed by atoms with Crippen LogP contribution >= 0.6 is 0 Å². The lowest BCUT2D eigenvalue weighted by Crippen LogP contribution is -2.46. The van der Waals surface area contributed by atoms with Gasteiger partial charge in [-0.3, -0.25) is 9.59 Å². The molecule has 0 spiro atoms. The van der Waals surface area contributed by atoms with Crippen LogP contribution in [0.3, 0.4) is 0 Å². The highest BCUT2D eigenvalue weighted by Gasteiger charge is 2.19. The van der Waals surface area contributed by atoms with Gasteiger partial charge >= 0.3 is 0 Å². The van der Waals surface area contributed by atoms with E-state index >= 15 is 0 Å². The average molecular weight is 396 g/mol. The molecule has 0 radical (unpaired) electrons. The smallest absolute Gasteiger partial charge is 0.272 e. The molecule has 152 valence electrons. The molecular weight excluding hydrogens is 372 g/mol. The van der Waals surface area contributed by atoms with Crippen molar-refractivity contribution in [2.45, 2.75) is 32.6 Å². The summed E-state index contributed by atoms with van der Waals surface area (Å²) in [6.07, 6.45) is 9.81. The molecule has 0 unspecified atom stereocenters. The molecule has 0 bridgehead atoms. The predicted molar refractivity (Wildman–Crippen MR) is 111 cm³/mol. The van der Waals surface area contributed by atoms with E-state index in [1.165, 1.54) is 13.2 Å². The van der Waals surface area contributed by atoms with Crippen molar-refractivity contribution in [1.29, 1.82) is 0 Å². The standard InChI is InChI=1S/C21H24N4O4/c1-21(2,3)18-15(22-11-23-18)10-17-20(28)24-16(19(27)25-17)8-12-5-6-13(26)9-14(7-12)29-4/h6-11,26H,5H2,1-4H3,(H,22,23)(H,24,28)(H,25,27)/b16-8-,17-10-. The van der Waals surface area contributed by atoms with Gasteiger partial charge in [-0.25, -0.2) is 4.98 Å². The van der Waals surface area contributed by atoms with Crippen LogP contribution in [0.1, 0.15) is 38.6 Å². The van der Waals surface area contributed by atoms with Crippen LogP contribution in [-0.4, -0.2) is 32.2 Å². The highest BCUT2D eigenvalue weighted by atomic mass is 16.5. The molecule has 0 amide bonds. The van der Waals surface area contributed by atoms with Crippen molar-refractivity contribution in [2.75, 3.05) is 7.11 Å². The first kappa shape index (κ1) is 20.2. The number of H-pyrrole nitrogens is 3. The van der Waals surface area contributed by atoms with Gasteiger partial charge in [0.25, 0.3) is 11.1 Å². The maximum atomic E-state index is 12.5. The van der Waals surface area contributed by atoms with Crippen LogP contribution in [0.25, 0.3) is 12.2 Å². The number of ether oxygens (including phenoxy) is 1. The van der Waals surface area contributed by atoms with Gasteiger partial charge in [0, 0.05) is 17.2 Å². The van der Waals surface area contributed by atoms with Crippen LogP contribution in [0.4, 0.5) is 0 Å². The number of rotatable bonds is 3. The second-order valence-corrected chi connectivity index (χ2v) is 7.74. The van der Waals surface area contributed by atoms with E-state index in [9.17, 15) is 14.7 Å². The fraction of sp³-hybridized carbons (Fsp3) is 0.286. The van der Waals surface area contributed by atoms with Crippen molar-refractivity contribution in [3.63, 3.8) is 0 Å². The summed E-state index contributed by atoms with van der Waals surface area (Å²) in [7, 11) is 1.48. The minimum absolute atomic E-state index is 0.0718. The molecule has 0 fully saturated rings. The van der Waals surface area contributed by atoms with Crippen molar-refractivity contribution < 1.29 is 9.84 Å². The number of nitrogens with one attached hydrogen (secondary N) is 3. The van der Waals surface area contributed by atoms with E-state index in [4.69, 9.17) is 4.74 Å². The molecule has 2 aromatic rings. The van der Waals surface area contributed by atoms with Gasteiger partial charge in [0.2, 0.25) is 0 Å². The fourth-order valence-electron chi connectivity index (χ4n) is 2.96. The zero-order valence-electron chi connectivity index (χ0n) is 16.8. The maximum absolute atomic E-state index is 12.5. The van der Waals surface area contributed by atoms with Crippen LogP contribution in [0.5, 0.6) is 0 Å². The van der Waals surface area contributed by atoms with E-state index < -0.39 is 11.1 Å². The Labute approximate surface area is 166 Å². The first-order valence-corrected chi connectivity index (χ1v) is 9.12. The number of allylic oxidation sites excluding steroid dienone is 4. The van der Waals surface area contributed by atoms with Crippen molar-refractivity contribution in [3.8, 4) is 0 Å². The predicted octanol–water partition coefficient (Wildman–Crippen LogP) is 0.995. The Kier molecular flexibility index (Phi) is 5.45. The summed E-state index contributed by atoms with van der Waals surface area (Å²) >= 11 is 0. The van der Waals surface area contributed by atoms with Crippen molar-refractivity contribution in [2.24, 2.45) is 0 Å². The molecule has 8 nitrogen and oxygen atoms in total. The van der Waals surface area contributed by atoms with Crippen molar-refractivity contribution in [3.05, 3.63) is 84.4 Å². The maximum Gasteiger partial charge on any atom is 0.272 e. The van der Waals surface area contributed by atoms with E-state index in [1.54, 1.807) is 30.6 Å². The Balaban J connectivity index is 2.08. The number of aromatic amines is 3. The van der Waals surface area contributed by atoms with E-state index in [1.807, 2.05) is 20.8 Å². The number of aliphatic hydroxyl groups is 1. The van der Waals surface area contributed by atoms with Gasteiger partial charge < -0.3 is 24.8 Å². The van der Waals surface area contributed by atoms with Crippen LogP contribution in [-0.2, 0) is 10.2 Å². The van der Waals surface area contributed by atoms with Gasteiger partial charge in [0.1, 0.15) is 22.2 Å². The fourth-order valence-corrected chi connectivity index (χ4v) is 2.96. The van der Waals surface area contributed by atoms with Gasteiger partial charge in [0.05, 0.1) is 19.1 Å². The third-order valence-corrected chi connectivity index (χ3v) is 4.42. The number of methoxy groups -OCH3 is 1. The van der Waals surface area contributed by atoms with E-state index in [0.717, 1.165) is 5.69 Å². The van der Waals surface area contributed by atoms with E-state index in [-0.39, 0.29) is 21.9 Å². The minimum atomic E-state index is -0.440. The Morgan fingerprint density at radius 1 is 1.10 bits per heavy atom. The zero-order chi connectivity index (χ0) is 21.2. The molecule has 0 aromatic carbocycles. The van der Waals surface area contributed by atoms with Crippen molar-refractivity contribution >= 4 is 12.2 Å². The topological polar surface area (TPSA) is 124 Å². The lowest BCUT2D eigenvalue weighted by molar-refractivity contribution is 0.303. The Morgan fingerprint density at radius 2 is 1.76 bits per heavy atom. The first-order valence-electron chi connectivity index (χ1n) is 9.12. The molecule has 1 aliphatic rings. The third-order valence-electron chi connectivity index (χ3n) is 4.42. The summed E-state index contributed by atoms with van der Waals surface area (Å²) in [5.74, 6) is 0.516. The summed E-state index contributed by atoms with van der Waals surface area (Å²) < 4.78 is 5.17. The number of hydrogen-bond acceptors (Lipinski definition) is 5. The van der Waals surface area contributed by atoms with Crippen LogP contribution in [0, 0.1) is 0 Å². The quantitative estimate of drug-likeness (QED) is 0.616. The number of nitrogens with zero attached hydrogens (tertiary/aromatic N) is 1. The molecule has 3 rings (SSSR count). The number of aliphatic hydroxyl groups excluding tert-OH is 1. The number of hydrogen-bond donors (Lipinski definition) is 4. The van der Waals surface area contributed by atoms with Crippen LogP contribution < -0.4 is 21.8 Å². The largest absolute Gasteiger partial charge is 0.508 e. The Bertz CT molecular complexity index is 1250. The summed E-state index contributed by atoms with van der Waals surface area (Å²) in [4.78, 5) is 37.6.